The van der Waals surface area contributed by atoms with E-state index in [0.29, 0.717) is 6.54 Å². The van der Waals surface area contributed by atoms with E-state index in [1.54, 1.807) is 12.1 Å². The lowest BCUT2D eigenvalue weighted by Crippen LogP contribution is -2.43. The van der Waals surface area contributed by atoms with Gasteiger partial charge < -0.3 is 15.4 Å². The third-order valence-corrected chi connectivity index (χ3v) is 5.16. The van der Waals surface area contributed by atoms with Gasteiger partial charge in [-0.15, -0.1) is 24.0 Å². The van der Waals surface area contributed by atoms with Crippen molar-refractivity contribution in [2.24, 2.45) is 10.4 Å². The van der Waals surface area contributed by atoms with Crippen molar-refractivity contribution in [2.45, 2.75) is 52.5 Å². The zero-order valence-corrected chi connectivity index (χ0v) is 19.2. The number of nitrogens with zero attached hydrogens (tertiary/aromatic N) is 2. The topological polar surface area (TPSA) is 88.8 Å². The molecule has 0 saturated heterocycles. The normalized spacial score (nSPS) is 15.7. The molecule has 0 heterocycles. The largest absolute Gasteiger partial charge is 0.382 e. The Kier molecular flexibility index (Phi) is 11.4. The Balaban J connectivity index is 0.00000392. The number of aliphatic imine (C=N–C) groups is 1. The summed E-state index contributed by atoms with van der Waals surface area (Å²) in [7, 11) is 0. The summed E-state index contributed by atoms with van der Waals surface area (Å²) < 4.78 is 5.58. The van der Waals surface area contributed by atoms with Gasteiger partial charge in [0.05, 0.1) is 11.5 Å². The minimum atomic E-state index is -0.376. The lowest BCUT2D eigenvalue weighted by Gasteiger charge is -2.30. The summed E-state index contributed by atoms with van der Waals surface area (Å²) in [5.41, 5.74) is 1.20. The van der Waals surface area contributed by atoms with Gasteiger partial charge in [0.15, 0.2) is 5.96 Å². The Hall–Kier alpha value is -1.42. The molecule has 2 rings (SSSR count). The molecule has 1 saturated carbocycles. The monoisotopic (exact) mass is 504 g/mol. The molecule has 1 aliphatic carbocycles. The first-order valence-corrected chi connectivity index (χ1v) is 9.92. The zero-order valence-electron chi connectivity index (χ0n) is 16.9. The summed E-state index contributed by atoms with van der Waals surface area (Å²) >= 11 is 0. The van der Waals surface area contributed by atoms with Crippen LogP contribution >= 0.6 is 24.0 Å². The van der Waals surface area contributed by atoms with Crippen LogP contribution in [0, 0.1) is 15.5 Å². The van der Waals surface area contributed by atoms with Crippen molar-refractivity contribution in [3.05, 3.63) is 39.9 Å². The number of nitro groups is 1. The maximum absolute atomic E-state index is 10.9. The van der Waals surface area contributed by atoms with Crippen LogP contribution in [0.15, 0.2) is 29.3 Å². The van der Waals surface area contributed by atoms with E-state index in [1.807, 2.05) is 19.9 Å². The average molecular weight is 504 g/mol. The number of hydrogen-bond donors (Lipinski definition) is 2. The Labute approximate surface area is 184 Å². The highest BCUT2D eigenvalue weighted by atomic mass is 127. The molecule has 0 bridgehead atoms. The predicted molar refractivity (Wildman–Crippen MR) is 123 cm³/mol. The fraction of sp³-hybridized carbons (Fsp3) is 0.650. The van der Waals surface area contributed by atoms with Gasteiger partial charge in [-0.05, 0) is 44.1 Å². The van der Waals surface area contributed by atoms with Crippen LogP contribution in [0.2, 0.25) is 0 Å². The molecule has 1 aromatic carbocycles. The standard InChI is InChI=1S/C20H32N4O3.HI/c1-3-21-19(22-15-17-8-7-9-18(14-17)24(25)26)23-16-20(10-5-6-11-20)12-13-27-4-2;/h7-9,14H,3-6,10-13,15-16H2,1-2H3,(H2,21,22,23);1H. The van der Waals surface area contributed by atoms with Gasteiger partial charge in [-0.2, -0.15) is 0 Å². The van der Waals surface area contributed by atoms with Gasteiger partial charge in [0.25, 0.3) is 5.69 Å². The molecule has 158 valence electrons. The number of rotatable bonds is 10. The Bertz CT molecular complexity index is 634. The van der Waals surface area contributed by atoms with E-state index < -0.39 is 0 Å². The fourth-order valence-electron chi connectivity index (χ4n) is 3.62. The zero-order chi connectivity index (χ0) is 19.5. The molecular formula is C20H33IN4O3. The second-order valence-electron chi connectivity index (χ2n) is 7.13. The van der Waals surface area contributed by atoms with Crippen molar-refractivity contribution in [3.8, 4) is 0 Å². The maximum Gasteiger partial charge on any atom is 0.269 e. The van der Waals surface area contributed by atoms with Gasteiger partial charge in [0.2, 0.25) is 0 Å². The van der Waals surface area contributed by atoms with Crippen molar-refractivity contribution in [2.75, 3.05) is 26.3 Å². The molecule has 7 nitrogen and oxygen atoms in total. The quantitative estimate of drug-likeness (QED) is 0.124. The molecule has 1 fully saturated rings. The molecule has 0 amide bonds. The highest BCUT2D eigenvalue weighted by Gasteiger charge is 2.33. The molecule has 1 aliphatic rings. The Morgan fingerprint density at radius 3 is 2.68 bits per heavy atom. The number of halogens is 1. The van der Waals surface area contributed by atoms with Crippen LogP contribution in [-0.2, 0) is 11.3 Å². The van der Waals surface area contributed by atoms with Crippen LogP contribution in [0.5, 0.6) is 0 Å². The van der Waals surface area contributed by atoms with E-state index in [1.165, 1.54) is 31.7 Å². The van der Waals surface area contributed by atoms with E-state index >= 15 is 0 Å². The van der Waals surface area contributed by atoms with Crippen molar-refractivity contribution in [1.82, 2.24) is 10.6 Å². The number of hydrogen-bond acceptors (Lipinski definition) is 4. The molecule has 0 aromatic heterocycles. The molecule has 2 N–H and O–H groups in total. The molecule has 0 radical (unpaired) electrons. The van der Waals surface area contributed by atoms with Crippen LogP contribution in [0.4, 0.5) is 5.69 Å². The summed E-state index contributed by atoms with van der Waals surface area (Å²) in [5.74, 6) is 0.756. The van der Waals surface area contributed by atoms with Crippen LogP contribution < -0.4 is 10.6 Å². The Morgan fingerprint density at radius 2 is 2.04 bits per heavy atom. The number of nitro benzene ring substituents is 1. The third-order valence-electron chi connectivity index (χ3n) is 5.16. The summed E-state index contributed by atoms with van der Waals surface area (Å²) in [6, 6.07) is 6.64. The second kappa shape index (κ2) is 12.9. The van der Waals surface area contributed by atoms with Crippen LogP contribution in [0.25, 0.3) is 0 Å². The molecule has 0 unspecified atom stereocenters. The SMILES string of the molecule is CCNC(=NCc1cccc([N+](=O)[O-])c1)NCC1(CCOCC)CCCC1.I. The average Bonchev–Trinajstić information content (AvgIpc) is 3.13. The molecular weight excluding hydrogens is 471 g/mol. The lowest BCUT2D eigenvalue weighted by molar-refractivity contribution is -0.384. The predicted octanol–water partition coefficient (Wildman–Crippen LogP) is 4.25. The summed E-state index contributed by atoms with van der Waals surface area (Å²) in [4.78, 5) is 15.2. The van der Waals surface area contributed by atoms with E-state index in [9.17, 15) is 10.1 Å². The highest BCUT2D eigenvalue weighted by Crippen LogP contribution is 2.40. The first-order chi connectivity index (χ1) is 13.1. The van der Waals surface area contributed by atoms with Gasteiger partial charge in [0.1, 0.15) is 0 Å². The van der Waals surface area contributed by atoms with Crippen LogP contribution in [-0.4, -0.2) is 37.2 Å². The number of benzene rings is 1. The first kappa shape index (κ1) is 24.6. The van der Waals surface area contributed by atoms with Gasteiger partial charge in [-0.1, -0.05) is 25.0 Å². The molecule has 1 aromatic rings. The van der Waals surface area contributed by atoms with Crippen molar-refractivity contribution >= 4 is 35.6 Å². The number of nitrogens with one attached hydrogen (secondary N) is 2. The molecule has 28 heavy (non-hydrogen) atoms. The minimum Gasteiger partial charge on any atom is -0.382 e. The van der Waals surface area contributed by atoms with E-state index in [-0.39, 0.29) is 40.0 Å². The van der Waals surface area contributed by atoms with Crippen LogP contribution in [0.3, 0.4) is 0 Å². The number of non-ortho nitro benzene ring substituents is 1. The second-order valence-corrected chi connectivity index (χ2v) is 7.13. The minimum absolute atomic E-state index is 0. The van der Waals surface area contributed by atoms with Gasteiger partial charge in [-0.3, -0.25) is 10.1 Å². The lowest BCUT2D eigenvalue weighted by atomic mass is 9.83. The van der Waals surface area contributed by atoms with Gasteiger partial charge >= 0.3 is 0 Å². The van der Waals surface area contributed by atoms with Crippen LogP contribution in [0.1, 0.15) is 51.5 Å². The smallest absolute Gasteiger partial charge is 0.269 e. The Morgan fingerprint density at radius 1 is 1.29 bits per heavy atom. The van der Waals surface area contributed by atoms with Crippen molar-refractivity contribution in [3.63, 3.8) is 0 Å². The maximum atomic E-state index is 10.9. The first-order valence-electron chi connectivity index (χ1n) is 9.92. The van der Waals surface area contributed by atoms with E-state index in [4.69, 9.17) is 4.74 Å². The molecule has 0 spiro atoms. The van der Waals surface area contributed by atoms with Crippen molar-refractivity contribution in [1.29, 1.82) is 0 Å². The highest BCUT2D eigenvalue weighted by molar-refractivity contribution is 14.0. The number of ether oxygens (including phenoxy) is 1. The molecule has 8 heteroatoms. The van der Waals surface area contributed by atoms with E-state index in [0.717, 1.165) is 44.2 Å². The fourth-order valence-corrected chi connectivity index (χ4v) is 3.62. The van der Waals surface area contributed by atoms with Crippen molar-refractivity contribution < 1.29 is 9.66 Å². The molecule has 0 atom stereocenters. The van der Waals surface area contributed by atoms with Gasteiger partial charge in [0, 0.05) is 38.4 Å². The number of guanidine groups is 1. The summed E-state index contributed by atoms with van der Waals surface area (Å²) in [6.45, 7) is 7.68. The van der Waals surface area contributed by atoms with Gasteiger partial charge in [-0.25, -0.2) is 4.99 Å². The molecule has 0 aliphatic heterocycles. The summed E-state index contributed by atoms with van der Waals surface area (Å²) in [6.07, 6.45) is 6.05. The summed E-state index contributed by atoms with van der Waals surface area (Å²) in [5, 5.41) is 17.7. The third kappa shape index (κ3) is 7.90. The van der Waals surface area contributed by atoms with E-state index in [2.05, 4.69) is 15.6 Å².